The van der Waals surface area contributed by atoms with Crippen molar-refractivity contribution in [1.82, 2.24) is 14.6 Å². The van der Waals surface area contributed by atoms with Crippen molar-refractivity contribution >= 4 is 11.3 Å². The standard InChI is InChI=1S/C13H21N5/c1-3-10(4-2)11(14)9-16-13-12-5-6-17-18(12)8-7-15-13/h5-8,10-11H,3-4,9,14H2,1-2H3,(H,15,16). The fourth-order valence-corrected chi connectivity index (χ4v) is 2.27. The van der Waals surface area contributed by atoms with Crippen LogP contribution in [0.2, 0.25) is 0 Å². The number of fused-ring (bicyclic) bond motifs is 1. The first-order chi connectivity index (χ1) is 8.76. The number of hydrogen-bond donors (Lipinski definition) is 2. The number of nitrogens with zero attached hydrogens (tertiary/aromatic N) is 3. The lowest BCUT2D eigenvalue weighted by atomic mass is 9.95. The fourth-order valence-electron chi connectivity index (χ4n) is 2.27. The summed E-state index contributed by atoms with van der Waals surface area (Å²) in [6, 6.07) is 2.10. The van der Waals surface area contributed by atoms with Crippen molar-refractivity contribution in [2.24, 2.45) is 11.7 Å². The van der Waals surface area contributed by atoms with Crippen molar-refractivity contribution in [2.75, 3.05) is 11.9 Å². The van der Waals surface area contributed by atoms with Crippen LogP contribution in [0.1, 0.15) is 26.7 Å². The zero-order chi connectivity index (χ0) is 13.0. The monoisotopic (exact) mass is 247 g/mol. The highest BCUT2D eigenvalue weighted by Crippen LogP contribution is 2.15. The Kier molecular flexibility index (Phi) is 4.15. The van der Waals surface area contributed by atoms with Crippen molar-refractivity contribution in [2.45, 2.75) is 32.7 Å². The normalized spacial score (nSPS) is 13.1. The molecule has 0 saturated heterocycles. The highest BCUT2D eigenvalue weighted by atomic mass is 15.2. The largest absolute Gasteiger partial charge is 0.367 e. The summed E-state index contributed by atoms with van der Waals surface area (Å²) in [7, 11) is 0. The zero-order valence-corrected chi connectivity index (χ0v) is 11.0. The predicted molar refractivity (Wildman–Crippen MR) is 73.5 cm³/mol. The summed E-state index contributed by atoms with van der Waals surface area (Å²) in [4.78, 5) is 4.33. The van der Waals surface area contributed by atoms with Gasteiger partial charge in [-0.3, -0.25) is 0 Å². The van der Waals surface area contributed by atoms with E-state index in [1.54, 1.807) is 16.9 Å². The smallest absolute Gasteiger partial charge is 0.152 e. The maximum atomic E-state index is 6.19. The zero-order valence-electron chi connectivity index (χ0n) is 11.0. The Labute approximate surface area is 107 Å². The first-order valence-corrected chi connectivity index (χ1v) is 6.54. The molecule has 0 aromatic carbocycles. The molecule has 0 spiro atoms. The summed E-state index contributed by atoms with van der Waals surface area (Å²) in [6.45, 7) is 5.11. The van der Waals surface area contributed by atoms with Gasteiger partial charge in [0.2, 0.25) is 0 Å². The predicted octanol–water partition coefficient (Wildman–Crippen LogP) is 1.90. The maximum Gasteiger partial charge on any atom is 0.152 e. The van der Waals surface area contributed by atoms with Gasteiger partial charge in [0.1, 0.15) is 5.52 Å². The van der Waals surface area contributed by atoms with Crippen molar-refractivity contribution in [3.63, 3.8) is 0 Å². The van der Waals surface area contributed by atoms with Crippen LogP contribution >= 0.6 is 0 Å². The third-order valence-electron chi connectivity index (χ3n) is 3.48. The number of anilines is 1. The number of nitrogens with two attached hydrogens (primary N) is 1. The molecule has 3 N–H and O–H groups in total. The lowest BCUT2D eigenvalue weighted by Crippen LogP contribution is -2.36. The van der Waals surface area contributed by atoms with E-state index < -0.39 is 0 Å². The van der Waals surface area contributed by atoms with Crippen molar-refractivity contribution in [1.29, 1.82) is 0 Å². The number of aromatic nitrogens is 3. The van der Waals surface area contributed by atoms with Crippen molar-refractivity contribution in [3.05, 3.63) is 24.7 Å². The number of rotatable bonds is 6. The Morgan fingerprint density at radius 2 is 2.11 bits per heavy atom. The van der Waals surface area contributed by atoms with Crippen LogP contribution in [0.5, 0.6) is 0 Å². The fraction of sp³-hybridized carbons (Fsp3) is 0.538. The van der Waals surface area contributed by atoms with E-state index >= 15 is 0 Å². The summed E-state index contributed by atoms with van der Waals surface area (Å²) in [5, 5.41) is 7.51. The van der Waals surface area contributed by atoms with Gasteiger partial charge < -0.3 is 11.1 Å². The lowest BCUT2D eigenvalue weighted by Gasteiger charge is -2.21. The lowest BCUT2D eigenvalue weighted by molar-refractivity contribution is 0.407. The third kappa shape index (κ3) is 2.61. The number of hydrogen-bond acceptors (Lipinski definition) is 4. The van der Waals surface area contributed by atoms with Crippen molar-refractivity contribution < 1.29 is 0 Å². The van der Waals surface area contributed by atoms with E-state index in [1.807, 2.05) is 12.3 Å². The summed E-state index contributed by atoms with van der Waals surface area (Å²) in [5.74, 6) is 1.40. The molecule has 1 unspecified atom stereocenters. The number of nitrogens with one attached hydrogen (secondary N) is 1. The minimum absolute atomic E-state index is 0.157. The van der Waals surface area contributed by atoms with Gasteiger partial charge in [0.25, 0.3) is 0 Å². The van der Waals surface area contributed by atoms with Crippen LogP contribution in [0.25, 0.3) is 5.52 Å². The molecule has 0 fully saturated rings. The average Bonchev–Trinajstić information content (AvgIpc) is 2.86. The molecular weight excluding hydrogens is 226 g/mol. The highest BCUT2D eigenvalue weighted by molar-refractivity contribution is 5.66. The molecule has 2 heterocycles. The molecule has 0 saturated carbocycles. The van der Waals surface area contributed by atoms with E-state index in [9.17, 15) is 0 Å². The second kappa shape index (κ2) is 5.82. The molecule has 0 aliphatic carbocycles. The first-order valence-electron chi connectivity index (χ1n) is 6.54. The summed E-state index contributed by atoms with van der Waals surface area (Å²) in [5.41, 5.74) is 7.17. The van der Waals surface area contributed by atoms with Gasteiger partial charge >= 0.3 is 0 Å². The SMILES string of the molecule is CCC(CC)C(N)CNc1nccn2nccc12. The van der Waals surface area contributed by atoms with Gasteiger partial charge in [-0.1, -0.05) is 26.7 Å². The van der Waals surface area contributed by atoms with E-state index in [0.717, 1.165) is 30.7 Å². The third-order valence-corrected chi connectivity index (χ3v) is 3.48. The highest BCUT2D eigenvalue weighted by Gasteiger charge is 2.14. The molecule has 1 atom stereocenters. The van der Waals surface area contributed by atoms with E-state index in [4.69, 9.17) is 5.73 Å². The summed E-state index contributed by atoms with van der Waals surface area (Å²) in [6.07, 6.45) is 7.57. The van der Waals surface area contributed by atoms with Gasteiger partial charge in [-0.25, -0.2) is 9.50 Å². The molecule has 2 rings (SSSR count). The topological polar surface area (TPSA) is 68.2 Å². The molecular formula is C13H21N5. The van der Waals surface area contributed by atoms with Crippen LogP contribution in [0, 0.1) is 5.92 Å². The molecule has 0 amide bonds. The van der Waals surface area contributed by atoms with Gasteiger partial charge in [0.05, 0.1) is 6.20 Å². The van der Waals surface area contributed by atoms with Gasteiger partial charge in [-0.05, 0) is 12.0 Å². The Balaban J connectivity index is 2.04. The van der Waals surface area contributed by atoms with Gasteiger partial charge in [0.15, 0.2) is 5.82 Å². The molecule has 98 valence electrons. The summed E-state index contributed by atoms with van der Waals surface area (Å²) < 4.78 is 1.80. The minimum Gasteiger partial charge on any atom is -0.367 e. The Morgan fingerprint density at radius 1 is 1.33 bits per heavy atom. The van der Waals surface area contributed by atoms with E-state index in [1.165, 1.54) is 0 Å². The van der Waals surface area contributed by atoms with Crippen molar-refractivity contribution in [3.8, 4) is 0 Å². The molecule has 0 bridgehead atoms. The second-order valence-electron chi connectivity index (χ2n) is 4.56. The minimum atomic E-state index is 0.157. The summed E-state index contributed by atoms with van der Waals surface area (Å²) >= 11 is 0. The second-order valence-corrected chi connectivity index (χ2v) is 4.56. The molecule has 0 aliphatic rings. The van der Waals surface area contributed by atoms with Crippen LogP contribution in [0.15, 0.2) is 24.7 Å². The molecule has 5 nitrogen and oxygen atoms in total. The molecule has 18 heavy (non-hydrogen) atoms. The van der Waals surface area contributed by atoms with Gasteiger partial charge in [-0.15, -0.1) is 0 Å². The Bertz CT molecular complexity index is 489. The van der Waals surface area contributed by atoms with E-state index in [2.05, 4.69) is 29.2 Å². The molecule has 0 radical (unpaired) electrons. The van der Waals surface area contributed by atoms with E-state index in [-0.39, 0.29) is 6.04 Å². The molecule has 2 aromatic rings. The van der Waals surface area contributed by atoms with Gasteiger partial charge in [-0.2, -0.15) is 5.10 Å². The van der Waals surface area contributed by atoms with E-state index in [0.29, 0.717) is 5.92 Å². The van der Waals surface area contributed by atoms with Crippen LogP contribution in [0.4, 0.5) is 5.82 Å². The van der Waals surface area contributed by atoms with Crippen LogP contribution in [0.3, 0.4) is 0 Å². The average molecular weight is 247 g/mol. The van der Waals surface area contributed by atoms with Crippen LogP contribution < -0.4 is 11.1 Å². The first kappa shape index (κ1) is 12.8. The molecule has 2 aromatic heterocycles. The van der Waals surface area contributed by atoms with Gasteiger partial charge in [0, 0.05) is 25.0 Å². The Hall–Kier alpha value is -1.62. The van der Waals surface area contributed by atoms with Crippen LogP contribution in [-0.4, -0.2) is 27.2 Å². The maximum absolute atomic E-state index is 6.19. The molecule has 0 aliphatic heterocycles. The Morgan fingerprint density at radius 3 is 2.83 bits per heavy atom. The van der Waals surface area contributed by atoms with Crippen LogP contribution in [-0.2, 0) is 0 Å². The quantitative estimate of drug-likeness (QED) is 0.818. The molecule has 5 heteroatoms.